The quantitative estimate of drug-likeness (QED) is 0.166. The Bertz CT molecular complexity index is 1240. The summed E-state index contributed by atoms with van der Waals surface area (Å²) < 4.78 is 39.0. The van der Waals surface area contributed by atoms with Gasteiger partial charge in [-0.3, -0.25) is 9.59 Å². The molecule has 4 rings (SSSR count). The lowest BCUT2D eigenvalue weighted by Gasteiger charge is -2.21. The van der Waals surface area contributed by atoms with E-state index in [0.717, 1.165) is 10.5 Å². The third kappa shape index (κ3) is 5.00. The van der Waals surface area contributed by atoms with Gasteiger partial charge < -0.3 is 9.47 Å². The van der Waals surface area contributed by atoms with Crippen molar-refractivity contribution in [3.05, 3.63) is 93.9 Å². The van der Waals surface area contributed by atoms with E-state index in [1.165, 1.54) is 36.0 Å². The fourth-order valence-electron chi connectivity index (χ4n) is 4.07. The van der Waals surface area contributed by atoms with E-state index in [4.69, 9.17) is 9.47 Å². The molecule has 0 radical (unpaired) electrons. The number of fused-ring (bicyclic) bond motifs is 3. The lowest BCUT2D eigenvalue weighted by molar-refractivity contribution is -0.159. The molecule has 0 bridgehead atoms. The summed E-state index contributed by atoms with van der Waals surface area (Å²) >= 11 is 1.24. The number of halogens is 2. The van der Waals surface area contributed by atoms with E-state index in [1.807, 2.05) is 31.2 Å². The van der Waals surface area contributed by atoms with Gasteiger partial charge in [0.25, 0.3) is 0 Å². The average molecular weight is 495 g/mol. The van der Waals surface area contributed by atoms with Crippen molar-refractivity contribution in [1.82, 2.24) is 0 Å². The highest BCUT2D eigenvalue weighted by Crippen LogP contribution is 2.51. The van der Waals surface area contributed by atoms with Crippen LogP contribution in [0.5, 0.6) is 0 Å². The topological polar surface area (TPSA) is 52.6 Å². The average Bonchev–Trinajstić information content (AvgIpc) is 3.13. The first kappa shape index (κ1) is 24.7. The number of hydrogen-bond acceptors (Lipinski definition) is 5. The highest BCUT2D eigenvalue weighted by atomic mass is 32.2. The van der Waals surface area contributed by atoms with Crippen LogP contribution < -0.4 is 0 Å². The van der Waals surface area contributed by atoms with Gasteiger partial charge >= 0.3 is 11.9 Å². The smallest absolute Gasteiger partial charge is 0.325 e. The maximum absolute atomic E-state index is 14.2. The van der Waals surface area contributed by atoms with Crippen LogP contribution in [-0.2, 0) is 19.1 Å². The molecule has 3 aromatic rings. The van der Waals surface area contributed by atoms with Gasteiger partial charge in [0.1, 0.15) is 11.6 Å². The molecular formula is C28H24F2O4S. The van der Waals surface area contributed by atoms with Crippen molar-refractivity contribution in [1.29, 1.82) is 0 Å². The van der Waals surface area contributed by atoms with Crippen molar-refractivity contribution in [2.24, 2.45) is 5.92 Å². The van der Waals surface area contributed by atoms with Gasteiger partial charge in [0.2, 0.25) is 0 Å². The number of aryl methyl sites for hydroxylation is 1. The van der Waals surface area contributed by atoms with Crippen molar-refractivity contribution in [2.45, 2.75) is 25.7 Å². The molecule has 1 aliphatic carbocycles. The van der Waals surface area contributed by atoms with Crippen LogP contribution in [0.2, 0.25) is 0 Å². The largest absolute Gasteiger partial charge is 0.465 e. The number of carbonyl (C=O) groups excluding carboxylic acids is 2. The van der Waals surface area contributed by atoms with E-state index in [0.29, 0.717) is 32.7 Å². The third-order valence-electron chi connectivity index (χ3n) is 5.59. The summed E-state index contributed by atoms with van der Waals surface area (Å²) in [6.07, 6.45) is 0. The molecule has 0 saturated heterocycles. The summed E-state index contributed by atoms with van der Waals surface area (Å²) in [4.78, 5) is 27.5. The monoisotopic (exact) mass is 494 g/mol. The zero-order valence-corrected chi connectivity index (χ0v) is 20.4. The molecule has 0 amide bonds. The Morgan fingerprint density at radius 2 is 1.26 bits per heavy atom. The lowest BCUT2D eigenvalue weighted by atomic mass is 9.97. The molecule has 3 aromatic carbocycles. The summed E-state index contributed by atoms with van der Waals surface area (Å²) in [6, 6.07) is 16.1. The zero-order valence-electron chi connectivity index (χ0n) is 19.6. The number of rotatable bonds is 7. The molecular weight excluding hydrogens is 470 g/mol. The normalized spacial score (nSPS) is 11.8. The molecule has 4 nitrogen and oxygen atoms in total. The molecule has 0 saturated carbocycles. The van der Waals surface area contributed by atoms with E-state index in [1.54, 1.807) is 26.0 Å². The second-order valence-corrected chi connectivity index (χ2v) is 9.09. The van der Waals surface area contributed by atoms with Crippen LogP contribution in [0, 0.1) is 24.5 Å². The van der Waals surface area contributed by atoms with Crippen molar-refractivity contribution in [3.8, 4) is 11.1 Å². The van der Waals surface area contributed by atoms with Crippen molar-refractivity contribution < 1.29 is 27.8 Å². The van der Waals surface area contributed by atoms with Crippen LogP contribution in [0.3, 0.4) is 0 Å². The number of carbonyl (C=O) groups is 2. The van der Waals surface area contributed by atoms with Crippen LogP contribution in [0.25, 0.3) is 16.7 Å². The Kier molecular flexibility index (Phi) is 7.36. The van der Waals surface area contributed by atoms with Crippen LogP contribution in [0.4, 0.5) is 8.78 Å². The van der Waals surface area contributed by atoms with Crippen LogP contribution in [0.1, 0.15) is 30.5 Å². The molecule has 0 spiro atoms. The van der Waals surface area contributed by atoms with Gasteiger partial charge in [-0.05, 0) is 79.4 Å². The molecule has 0 aromatic heterocycles. The first-order valence-electron chi connectivity index (χ1n) is 11.3. The van der Waals surface area contributed by atoms with Crippen LogP contribution >= 0.6 is 11.8 Å². The van der Waals surface area contributed by atoms with Gasteiger partial charge in [-0.15, -0.1) is 0 Å². The molecule has 0 heterocycles. The molecule has 180 valence electrons. The Labute approximate surface area is 207 Å². The Morgan fingerprint density at radius 3 is 1.71 bits per heavy atom. The van der Waals surface area contributed by atoms with Crippen LogP contribution in [-0.4, -0.2) is 25.2 Å². The van der Waals surface area contributed by atoms with Gasteiger partial charge in [-0.2, -0.15) is 0 Å². The minimum atomic E-state index is -1.37. The minimum absolute atomic E-state index is 0.0795. The fourth-order valence-corrected chi connectivity index (χ4v) is 5.23. The Hall–Kier alpha value is -3.45. The maximum atomic E-state index is 14.2. The predicted molar refractivity (Wildman–Crippen MR) is 132 cm³/mol. The van der Waals surface area contributed by atoms with E-state index >= 15 is 0 Å². The SMILES string of the molecule is CCOC(=O)C(C(=O)OCC)C(Sc1ccc(C)cc1)=C1c2ccc(F)cc2-c2cc(F)ccc21. The van der Waals surface area contributed by atoms with Crippen molar-refractivity contribution >= 4 is 29.3 Å². The second-order valence-electron chi connectivity index (χ2n) is 7.97. The van der Waals surface area contributed by atoms with Crippen LogP contribution in [0.15, 0.2) is 70.5 Å². The summed E-state index contributed by atoms with van der Waals surface area (Å²) in [5.41, 5.74) is 3.77. The minimum Gasteiger partial charge on any atom is -0.465 e. The predicted octanol–water partition coefficient (Wildman–Crippen LogP) is 6.55. The molecule has 1 aliphatic rings. The molecule has 0 unspecified atom stereocenters. The first-order chi connectivity index (χ1) is 16.8. The van der Waals surface area contributed by atoms with Crippen molar-refractivity contribution in [2.75, 3.05) is 13.2 Å². The molecule has 7 heteroatoms. The number of hydrogen-bond donors (Lipinski definition) is 0. The number of thioether (sulfide) groups is 1. The summed E-state index contributed by atoms with van der Waals surface area (Å²) in [5.74, 6) is -3.80. The summed E-state index contributed by atoms with van der Waals surface area (Å²) in [6.45, 7) is 5.43. The first-order valence-corrected chi connectivity index (χ1v) is 12.1. The number of benzene rings is 3. The van der Waals surface area contributed by atoms with E-state index in [2.05, 4.69) is 0 Å². The molecule has 0 atom stereocenters. The second kappa shape index (κ2) is 10.4. The van der Waals surface area contributed by atoms with Gasteiger partial charge in [0, 0.05) is 15.4 Å². The Balaban J connectivity index is 2.03. The van der Waals surface area contributed by atoms with E-state index in [9.17, 15) is 18.4 Å². The summed E-state index contributed by atoms with van der Waals surface area (Å²) in [7, 11) is 0. The lowest BCUT2D eigenvalue weighted by Crippen LogP contribution is -2.29. The third-order valence-corrected chi connectivity index (χ3v) is 6.76. The Morgan fingerprint density at radius 1 is 0.771 bits per heavy atom. The van der Waals surface area contributed by atoms with Gasteiger partial charge in [-0.25, -0.2) is 8.78 Å². The molecule has 0 aliphatic heterocycles. The fraction of sp³-hybridized carbons (Fsp3) is 0.214. The standard InChI is InChI=1S/C28H24F2O4S/c1-4-33-27(31)25(28(32)34-5-2)26(35-19-10-6-16(3)7-11-19)24-20-12-8-17(29)14-22(20)23-15-18(30)9-13-21(23)24/h6-15,25H,4-5H2,1-3H3. The van der Waals surface area contributed by atoms with Gasteiger partial charge in [0.05, 0.1) is 13.2 Å². The molecule has 35 heavy (non-hydrogen) atoms. The molecule has 0 fully saturated rings. The highest BCUT2D eigenvalue weighted by molar-refractivity contribution is 8.03. The maximum Gasteiger partial charge on any atom is 0.325 e. The number of ether oxygens (including phenoxy) is 2. The van der Waals surface area contributed by atoms with Gasteiger partial charge in [0.15, 0.2) is 5.92 Å². The zero-order chi connectivity index (χ0) is 25.1. The van der Waals surface area contributed by atoms with Gasteiger partial charge in [-0.1, -0.05) is 41.6 Å². The summed E-state index contributed by atoms with van der Waals surface area (Å²) in [5, 5.41) is 0. The van der Waals surface area contributed by atoms with E-state index in [-0.39, 0.29) is 13.2 Å². The van der Waals surface area contributed by atoms with Crippen molar-refractivity contribution in [3.63, 3.8) is 0 Å². The van der Waals surface area contributed by atoms with E-state index < -0.39 is 29.5 Å². The number of esters is 2. The molecule has 0 N–H and O–H groups in total. The highest BCUT2D eigenvalue weighted by Gasteiger charge is 2.39.